The van der Waals surface area contributed by atoms with Gasteiger partial charge in [-0.2, -0.15) is 5.10 Å². The summed E-state index contributed by atoms with van der Waals surface area (Å²) in [7, 11) is 0. The van der Waals surface area contributed by atoms with Crippen molar-refractivity contribution in [3.05, 3.63) is 52.8 Å². The van der Waals surface area contributed by atoms with Crippen LogP contribution in [0.5, 0.6) is 0 Å². The van der Waals surface area contributed by atoms with Gasteiger partial charge < -0.3 is 11.1 Å². The molecule has 1 unspecified atom stereocenters. The highest BCUT2D eigenvalue weighted by Crippen LogP contribution is 2.10. The lowest BCUT2D eigenvalue weighted by atomic mass is 10.1. The summed E-state index contributed by atoms with van der Waals surface area (Å²) in [6.45, 7) is 7.20. The zero-order valence-electron chi connectivity index (χ0n) is 13.5. The number of carbonyl (C=O) groups excluding carboxylic acids is 1. The number of hydrogen-bond donors (Lipinski definition) is 2. The highest BCUT2D eigenvalue weighted by Gasteiger charge is 2.08. The summed E-state index contributed by atoms with van der Waals surface area (Å²) in [4.78, 5) is 12.1. The normalized spacial score (nSPS) is 12.2. The van der Waals surface area contributed by atoms with E-state index in [-0.39, 0.29) is 11.9 Å². The molecule has 0 fully saturated rings. The van der Waals surface area contributed by atoms with E-state index in [4.69, 9.17) is 5.73 Å². The molecule has 2 aromatic rings. The summed E-state index contributed by atoms with van der Waals surface area (Å²) in [5.74, 6) is -0.0594. The maximum atomic E-state index is 12.1. The molecule has 0 bridgehead atoms. The molecule has 22 heavy (non-hydrogen) atoms. The molecule has 0 aliphatic carbocycles. The summed E-state index contributed by atoms with van der Waals surface area (Å²) in [5.41, 5.74) is 9.53. The number of amides is 1. The smallest absolute Gasteiger partial charge is 0.251 e. The highest BCUT2D eigenvalue weighted by molar-refractivity contribution is 5.94. The van der Waals surface area contributed by atoms with Crippen molar-refractivity contribution in [1.29, 1.82) is 0 Å². The largest absolute Gasteiger partial charge is 0.352 e. The molecule has 2 rings (SSSR count). The summed E-state index contributed by atoms with van der Waals surface area (Å²) >= 11 is 0. The van der Waals surface area contributed by atoms with Gasteiger partial charge in [0.2, 0.25) is 0 Å². The molecule has 1 aromatic heterocycles. The number of nitrogens with one attached hydrogen (secondary N) is 1. The molecule has 0 saturated carbocycles. The Labute approximate surface area is 131 Å². The summed E-state index contributed by atoms with van der Waals surface area (Å²) in [5, 5.41) is 7.35. The third-order valence-electron chi connectivity index (χ3n) is 3.51. The second-order valence-electron chi connectivity index (χ2n) is 5.81. The fourth-order valence-corrected chi connectivity index (χ4v) is 2.33. The summed E-state index contributed by atoms with van der Waals surface area (Å²) in [6, 6.07) is 9.79. The quantitative estimate of drug-likeness (QED) is 0.857. The molecule has 1 heterocycles. The number of rotatable bonds is 6. The molecule has 0 aliphatic heterocycles. The van der Waals surface area contributed by atoms with E-state index in [0.29, 0.717) is 18.7 Å². The fraction of sp³-hybridized carbons (Fsp3) is 0.412. The molecule has 118 valence electrons. The Morgan fingerprint density at radius 1 is 1.36 bits per heavy atom. The Morgan fingerprint density at radius 3 is 2.77 bits per heavy atom. The molecule has 0 radical (unpaired) electrons. The van der Waals surface area contributed by atoms with Crippen molar-refractivity contribution in [1.82, 2.24) is 15.1 Å². The zero-order chi connectivity index (χ0) is 16.1. The van der Waals surface area contributed by atoms with E-state index in [9.17, 15) is 4.79 Å². The molecular weight excluding hydrogens is 276 g/mol. The molecule has 0 spiro atoms. The molecule has 3 N–H and O–H groups in total. The Morgan fingerprint density at radius 2 is 2.14 bits per heavy atom. The number of benzene rings is 1. The zero-order valence-corrected chi connectivity index (χ0v) is 13.5. The van der Waals surface area contributed by atoms with Gasteiger partial charge in [0.25, 0.3) is 5.91 Å². The van der Waals surface area contributed by atoms with Crippen LogP contribution < -0.4 is 11.1 Å². The van der Waals surface area contributed by atoms with E-state index in [1.165, 1.54) is 0 Å². The predicted molar refractivity (Wildman–Crippen MR) is 87.8 cm³/mol. The maximum absolute atomic E-state index is 12.1. The van der Waals surface area contributed by atoms with Gasteiger partial charge in [-0.05, 0) is 51.0 Å². The molecule has 1 aromatic carbocycles. The van der Waals surface area contributed by atoms with Crippen molar-refractivity contribution < 1.29 is 4.79 Å². The van der Waals surface area contributed by atoms with Crippen LogP contribution in [0.15, 0.2) is 30.3 Å². The van der Waals surface area contributed by atoms with Crippen molar-refractivity contribution in [2.75, 3.05) is 6.54 Å². The molecule has 1 amide bonds. The Kier molecular flexibility index (Phi) is 5.33. The molecule has 5 heteroatoms. The number of nitrogens with two attached hydrogens (primary N) is 1. The summed E-state index contributed by atoms with van der Waals surface area (Å²) in [6.07, 6.45) is 0.775. The fourth-order valence-electron chi connectivity index (χ4n) is 2.33. The molecule has 5 nitrogen and oxygen atoms in total. The lowest BCUT2D eigenvalue weighted by Crippen LogP contribution is -2.29. The first-order valence-corrected chi connectivity index (χ1v) is 7.59. The van der Waals surface area contributed by atoms with Crippen LogP contribution in [0.3, 0.4) is 0 Å². The first-order chi connectivity index (χ1) is 10.5. The maximum Gasteiger partial charge on any atom is 0.251 e. The lowest BCUT2D eigenvalue weighted by Gasteiger charge is -2.09. The highest BCUT2D eigenvalue weighted by atomic mass is 16.1. The SMILES string of the molecule is Cc1cc(C)n(Cc2cccc(C(=O)NCCC(C)N)c2)n1. The van der Waals surface area contributed by atoms with Gasteiger partial charge >= 0.3 is 0 Å². The van der Waals surface area contributed by atoms with Crippen LogP contribution in [0.2, 0.25) is 0 Å². The van der Waals surface area contributed by atoms with Gasteiger partial charge in [0, 0.05) is 23.8 Å². The number of carbonyl (C=O) groups is 1. The topological polar surface area (TPSA) is 72.9 Å². The van der Waals surface area contributed by atoms with Crippen LogP contribution in [0.4, 0.5) is 0 Å². The van der Waals surface area contributed by atoms with Gasteiger partial charge in [-0.3, -0.25) is 9.48 Å². The number of nitrogens with zero attached hydrogens (tertiary/aromatic N) is 2. The second kappa shape index (κ2) is 7.22. The van der Waals surface area contributed by atoms with Gasteiger partial charge in [-0.25, -0.2) is 0 Å². The van der Waals surface area contributed by atoms with Crippen LogP contribution in [0, 0.1) is 13.8 Å². The van der Waals surface area contributed by atoms with Crippen LogP contribution in [-0.4, -0.2) is 28.3 Å². The van der Waals surface area contributed by atoms with Gasteiger partial charge in [-0.1, -0.05) is 12.1 Å². The average molecular weight is 300 g/mol. The minimum absolute atomic E-state index is 0.0594. The van der Waals surface area contributed by atoms with E-state index in [1.54, 1.807) is 0 Å². The van der Waals surface area contributed by atoms with E-state index in [2.05, 4.69) is 10.4 Å². The van der Waals surface area contributed by atoms with E-state index >= 15 is 0 Å². The van der Waals surface area contributed by atoms with Crippen molar-refractivity contribution in [2.45, 2.75) is 39.8 Å². The van der Waals surface area contributed by atoms with E-state index < -0.39 is 0 Å². The van der Waals surface area contributed by atoms with Crippen LogP contribution in [-0.2, 0) is 6.54 Å². The Balaban J connectivity index is 2.03. The molecule has 1 atom stereocenters. The summed E-state index contributed by atoms with van der Waals surface area (Å²) < 4.78 is 1.95. The minimum Gasteiger partial charge on any atom is -0.352 e. The van der Waals surface area contributed by atoms with Gasteiger partial charge in [0.15, 0.2) is 0 Å². The van der Waals surface area contributed by atoms with E-state index in [1.807, 2.05) is 55.8 Å². The molecule has 0 saturated heterocycles. The van der Waals surface area contributed by atoms with Gasteiger partial charge in [-0.15, -0.1) is 0 Å². The van der Waals surface area contributed by atoms with Crippen LogP contribution >= 0.6 is 0 Å². The predicted octanol–water partition coefficient (Wildman–Crippen LogP) is 2.02. The number of aryl methyl sites for hydroxylation is 2. The van der Waals surface area contributed by atoms with Gasteiger partial charge in [0.05, 0.1) is 12.2 Å². The molecule has 0 aliphatic rings. The number of hydrogen-bond acceptors (Lipinski definition) is 3. The third-order valence-corrected chi connectivity index (χ3v) is 3.51. The molecular formula is C17H24N4O. The van der Waals surface area contributed by atoms with Crippen molar-refractivity contribution in [2.24, 2.45) is 5.73 Å². The minimum atomic E-state index is -0.0594. The monoisotopic (exact) mass is 300 g/mol. The first kappa shape index (κ1) is 16.2. The van der Waals surface area contributed by atoms with E-state index in [0.717, 1.165) is 23.4 Å². The van der Waals surface area contributed by atoms with Crippen molar-refractivity contribution in [3.63, 3.8) is 0 Å². The average Bonchev–Trinajstić information content (AvgIpc) is 2.76. The first-order valence-electron chi connectivity index (χ1n) is 7.59. The Bertz CT molecular complexity index is 646. The second-order valence-corrected chi connectivity index (χ2v) is 5.81. The number of aromatic nitrogens is 2. The van der Waals surface area contributed by atoms with Crippen LogP contribution in [0.25, 0.3) is 0 Å². The van der Waals surface area contributed by atoms with Crippen LogP contribution in [0.1, 0.15) is 40.7 Å². The van der Waals surface area contributed by atoms with Crippen molar-refractivity contribution >= 4 is 5.91 Å². The lowest BCUT2D eigenvalue weighted by molar-refractivity contribution is 0.0952. The standard InChI is InChI=1S/C17H24N4O/c1-12(18)7-8-19-17(22)16-6-4-5-15(10-16)11-21-14(3)9-13(2)20-21/h4-6,9-10,12H,7-8,11,18H2,1-3H3,(H,19,22). The van der Waals surface area contributed by atoms with Crippen molar-refractivity contribution in [3.8, 4) is 0 Å². The Hall–Kier alpha value is -2.14. The van der Waals surface area contributed by atoms with Gasteiger partial charge in [0.1, 0.15) is 0 Å². The third kappa shape index (κ3) is 4.43.